The lowest BCUT2D eigenvalue weighted by molar-refractivity contribution is 0.0535. The fourth-order valence-electron chi connectivity index (χ4n) is 4.60. The summed E-state index contributed by atoms with van der Waals surface area (Å²) in [5.74, 6) is 0.845. The van der Waals surface area contributed by atoms with Gasteiger partial charge in [-0.15, -0.1) is 0 Å². The van der Waals surface area contributed by atoms with E-state index >= 15 is 0 Å². The topological polar surface area (TPSA) is 140 Å². The molecule has 10 heteroatoms. The monoisotopic (exact) mass is 460 g/mol. The fourth-order valence-corrected chi connectivity index (χ4v) is 4.60. The van der Waals surface area contributed by atoms with E-state index in [1.54, 1.807) is 6.07 Å². The molecular weight excluding hydrogens is 436 g/mol. The number of rotatable bonds is 5. The molecule has 34 heavy (non-hydrogen) atoms. The average molecular weight is 460 g/mol. The number of carbonyl (C=O) groups is 1. The van der Waals surface area contributed by atoms with Crippen molar-refractivity contribution in [2.24, 2.45) is 5.73 Å². The number of methoxy groups -OCH3 is 1. The highest BCUT2D eigenvalue weighted by molar-refractivity contribution is 5.94. The van der Waals surface area contributed by atoms with E-state index in [1.165, 1.54) is 13.3 Å². The standard InChI is InChI=1S/C24H24N6O4/c1-13-16(3-4-17-18(13)12-33-24(17)31)21-10-30(11-23(26)28-21)9-15-5-20(29-34-15)19-6-22(32-2)14(7-25)8-27-19/h3-6,8,21,23,28H,9-12,26H2,1-2H3/t21-,23+/m0/s1. The van der Waals surface area contributed by atoms with Crippen LogP contribution in [0.1, 0.15) is 44.4 Å². The van der Waals surface area contributed by atoms with E-state index in [-0.39, 0.29) is 18.2 Å². The Balaban J connectivity index is 1.33. The summed E-state index contributed by atoms with van der Waals surface area (Å²) in [5.41, 5.74) is 11.5. The van der Waals surface area contributed by atoms with E-state index in [2.05, 4.69) is 20.4 Å². The molecule has 0 radical (unpaired) electrons. The molecule has 0 bridgehead atoms. The Hall–Kier alpha value is -3.78. The molecule has 4 heterocycles. The second-order valence-corrected chi connectivity index (χ2v) is 8.46. The van der Waals surface area contributed by atoms with Crippen LogP contribution in [0.5, 0.6) is 5.75 Å². The third-order valence-electron chi connectivity index (χ3n) is 6.30. The third kappa shape index (κ3) is 4.01. The number of hydrogen-bond acceptors (Lipinski definition) is 10. The van der Waals surface area contributed by atoms with Crippen LogP contribution in [-0.2, 0) is 17.9 Å². The average Bonchev–Trinajstić information content (AvgIpc) is 3.45. The Labute approximate surface area is 196 Å². The molecule has 0 aliphatic carbocycles. The molecule has 0 amide bonds. The van der Waals surface area contributed by atoms with Crippen molar-refractivity contribution in [1.82, 2.24) is 20.4 Å². The molecule has 174 valence electrons. The molecule has 0 saturated carbocycles. The summed E-state index contributed by atoms with van der Waals surface area (Å²) in [6, 6.07) is 9.36. The first-order valence-electron chi connectivity index (χ1n) is 10.9. The van der Waals surface area contributed by atoms with Gasteiger partial charge in [0.15, 0.2) is 5.76 Å². The summed E-state index contributed by atoms with van der Waals surface area (Å²) in [6.07, 6.45) is 1.23. The molecule has 3 N–H and O–H groups in total. The van der Waals surface area contributed by atoms with Crippen molar-refractivity contribution in [2.45, 2.75) is 32.3 Å². The summed E-state index contributed by atoms with van der Waals surface area (Å²) >= 11 is 0. The molecule has 2 atom stereocenters. The van der Waals surface area contributed by atoms with E-state index in [0.29, 0.717) is 60.3 Å². The summed E-state index contributed by atoms with van der Waals surface area (Å²) in [6.45, 7) is 4.20. The van der Waals surface area contributed by atoms with Gasteiger partial charge in [0, 0.05) is 43.0 Å². The van der Waals surface area contributed by atoms with E-state index in [9.17, 15) is 4.79 Å². The Morgan fingerprint density at radius 2 is 2.18 bits per heavy atom. The Bertz CT molecular complexity index is 1300. The Morgan fingerprint density at radius 3 is 2.97 bits per heavy atom. The maximum atomic E-state index is 11.9. The number of benzene rings is 1. The highest BCUT2D eigenvalue weighted by Crippen LogP contribution is 2.31. The van der Waals surface area contributed by atoms with Gasteiger partial charge in [-0.2, -0.15) is 5.26 Å². The Morgan fingerprint density at radius 1 is 1.32 bits per heavy atom. The van der Waals surface area contributed by atoms with Crippen LogP contribution < -0.4 is 15.8 Å². The van der Waals surface area contributed by atoms with Crippen molar-refractivity contribution < 1.29 is 18.8 Å². The lowest BCUT2D eigenvalue weighted by atomic mass is 9.93. The lowest BCUT2D eigenvalue weighted by Crippen LogP contribution is -2.56. The zero-order valence-corrected chi connectivity index (χ0v) is 18.9. The number of nitrogens with two attached hydrogens (primary N) is 1. The van der Waals surface area contributed by atoms with Crippen molar-refractivity contribution in [1.29, 1.82) is 5.26 Å². The maximum absolute atomic E-state index is 11.9. The number of pyridine rings is 1. The largest absolute Gasteiger partial charge is 0.495 e. The molecule has 1 saturated heterocycles. The van der Waals surface area contributed by atoms with Gasteiger partial charge in [-0.25, -0.2) is 4.79 Å². The van der Waals surface area contributed by atoms with Crippen LogP contribution in [0, 0.1) is 18.3 Å². The first-order chi connectivity index (χ1) is 16.5. The van der Waals surface area contributed by atoms with Gasteiger partial charge in [-0.05, 0) is 24.1 Å². The van der Waals surface area contributed by atoms with Gasteiger partial charge in [-0.1, -0.05) is 11.2 Å². The lowest BCUT2D eigenvalue weighted by Gasteiger charge is -2.37. The number of ether oxygens (including phenoxy) is 2. The predicted molar refractivity (Wildman–Crippen MR) is 120 cm³/mol. The van der Waals surface area contributed by atoms with Crippen LogP contribution in [-0.4, -0.2) is 47.4 Å². The van der Waals surface area contributed by atoms with Gasteiger partial charge < -0.3 is 19.7 Å². The zero-order chi connectivity index (χ0) is 23.8. The first-order valence-corrected chi connectivity index (χ1v) is 10.9. The minimum absolute atomic E-state index is 0.00315. The van der Waals surface area contributed by atoms with Crippen LogP contribution in [0.4, 0.5) is 0 Å². The summed E-state index contributed by atoms with van der Waals surface area (Å²) in [4.78, 5) is 18.4. The van der Waals surface area contributed by atoms with Gasteiger partial charge in [0.25, 0.3) is 0 Å². The normalized spacial score (nSPS) is 20.0. The van der Waals surface area contributed by atoms with Crippen molar-refractivity contribution in [3.8, 4) is 23.2 Å². The summed E-state index contributed by atoms with van der Waals surface area (Å²) in [5, 5.41) is 16.8. The van der Waals surface area contributed by atoms with Gasteiger partial charge >= 0.3 is 5.97 Å². The van der Waals surface area contributed by atoms with Crippen LogP contribution >= 0.6 is 0 Å². The quantitative estimate of drug-likeness (QED) is 0.544. The first kappa shape index (κ1) is 22.0. The minimum Gasteiger partial charge on any atom is -0.495 e. The van der Waals surface area contributed by atoms with Crippen molar-refractivity contribution in [3.63, 3.8) is 0 Å². The minimum atomic E-state index is -0.268. The smallest absolute Gasteiger partial charge is 0.338 e. The highest BCUT2D eigenvalue weighted by atomic mass is 16.5. The number of piperazine rings is 1. The maximum Gasteiger partial charge on any atom is 0.338 e. The van der Waals surface area contributed by atoms with E-state index in [1.807, 2.05) is 31.2 Å². The molecule has 0 spiro atoms. The number of aromatic nitrogens is 2. The fraction of sp³-hybridized carbons (Fsp3) is 0.333. The number of nitriles is 1. The predicted octanol–water partition coefficient (Wildman–Crippen LogP) is 2.03. The summed E-state index contributed by atoms with van der Waals surface area (Å²) < 4.78 is 16.0. The number of carbonyl (C=O) groups excluding carboxylic acids is 1. The molecule has 5 rings (SSSR count). The van der Waals surface area contributed by atoms with Gasteiger partial charge in [0.05, 0.1) is 31.1 Å². The van der Waals surface area contributed by atoms with Crippen LogP contribution in [0.15, 0.2) is 35.0 Å². The van der Waals surface area contributed by atoms with Crippen molar-refractivity contribution in [3.05, 3.63) is 64.0 Å². The van der Waals surface area contributed by atoms with Gasteiger partial charge in [-0.3, -0.25) is 15.2 Å². The van der Waals surface area contributed by atoms with E-state index < -0.39 is 0 Å². The van der Waals surface area contributed by atoms with Gasteiger partial charge in [0.2, 0.25) is 0 Å². The van der Waals surface area contributed by atoms with E-state index in [0.717, 1.165) is 16.7 Å². The van der Waals surface area contributed by atoms with E-state index in [4.69, 9.17) is 25.0 Å². The zero-order valence-electron chi connectivity index (χ0n) is 18.9. The number of fused-ring (bicyclic) bond motifs is 1. The molecule has 10 nitrogen and oxygen atoms in total. The molecule has 0 unspecified atom stereocenters. The molecule has 2 aliphatic rings. The summed E-state index contributed by atoms with van der Waals surface area (Å²) in [7, 11) is 1.51. The second kappa shape index (κ2) is 8.87. The van der Waals surface area contributed by atoms with Crippen molar-refractivity contribution in [2.75, 3.05) is 20.2 Å². The molecule has 2 aromatic heterocycles. The third-order valence-corrected chi connectivity index (χ3v) is 6.30. The van der Waals surface area contributed by atoms with Crippen LogP contribution in [0.2, 0.25) is 0 Å². The van der Waals surface area contributed by atoms with Crippen LogP contribution in [0.3, 0.4) is 0 Å². The number of cyclic esters (lactones) is 1. The number of hydrogen-bond donors (Lipinski definition) is 2. The second-order valence-electron chi connectivity index (χ2n) is 8.46. The van der Waals surface area contributed by atoms with Crippen molar-refractivity contribution >= 4 is 5.97 Å². The Kier molecular flexibility index (Phi) is 5.75. The van der Waals surface area contributed by atoms with Gasteiger partial charge in [0.1, 0.15) is 29.7 Å². The number of esters is 1. The molecular formula is C24H24N6O4. The number of nitrogens with zero attached hydrogens (tertiary/aromatic N) is 4. The van der Waals surface area contributed by atoms with Crippen LogP contribution in [0.25, 0.3) is 11.4 Å². The molecule has 1 aromatic carbocycles. The number of nitrogens with one attached hydrogen (secondary N) is 1. The highest BCUT2D eigenvalue weighted by Gasteiger charge is 2.30. The molecule has 2 aliphatic heterocycles. The molecule has 1 fully saturated rings. The molecule has 3 aromatic rings. The SMILES string of the molecule is COc1cc(-c2cc(CN3C[C@@H](c4ccc5c(c4C)COC5=O)N[C@@H](N)C3)on2)ncc1C#N.